The van der Waals surface area contributed by atoms with Gasteiger partial charge >= 0.3 is 5.97 Å². The van der Waals surface area contributed by atoms with E-state index in [2.05, 4.69) is 10.3 Å². The van der Waals surface area contributed by atoms with Gasteiger partial charge < -0.3 is 9.94 Å². The summed E-state index contributed by atoms with van der Waals surface area (Å²) >= 11 is 0. The minimum atomic E-state index is -0.352. The van der Waals surface area contributed by atoms with Crippen LogP contribution in [0.5, 0.6) is 0 Å². The summed E-state index contributed by atoms with van der Waals surface area (Å²) in [5, 5.41) is 9.08. The highest BCUT2D eigenvalue weighted by atomic mass is 16.7. The van der Waals surface area contributed by atoms with E-state index in [0.29, 0.717) is 6.42 Å². The van der Waals surface area contributed by atoms with E-state index in [1.165, 1.54) is 6.92 Å². The number of carbonyl (C=O) groups is 1. The fraction of sp³-hybridized carbons (Fsp3) is 0.625. The van der Waals surface area contributed by atoms with Gasteiger partial charge in [0.25, 0.3) is 0 Å². The van der Waals surface area contributed by atoms with Crippen molar-refractivity contribution in [3.63, 3.8) is 0 Å². The molecule has 0 radical (unpaired) electrons. The maximum absolute atomic E-state index is 10.4. The molecule has 0 heterocycles. The van der Waals surface area contributed by atoms with Crippen LogP contribution in [-0.4, -0.2) is 23.2 Å². The average Bonchev–Trinajstić information content (AvgIpc) is 2.03. The number of aliphatic hydroxyl groups is 1. The molecule has 0 aromatic carbocycles. The van der Waals surface area contributed by atoms with Crippen molar-refractivity contribution in [2.45, 2.75) is 31.9 Å². The smallest absolute Gasteiger partial charge is 0.321 e. The van der Waals surface area contributed by atoms with Crippen molar-refractivity contribution in [2.75, 3.05) is 0 Å². The van der Waals surface area contributed by atoms with E-state index in [0.717, 1.165) is 6.42 Å². The maximum atomic E-state index is 10.4. The summed E-state index contributed by atoms with van der Waals surface area (Å²) in [6.45, 7) is 1.34. The van der Waals surface area contributed by atoms with Crippen LogP contribution in [0.15, 0.2) is 12.2 Å². The first-order valence-electron chi connectivity index (χ1n) is 3.98. The number of hydroxylamine groups is 1. The molecule has 1 aliphatic rings. The second kappa shape index (κ2) is 4.23. The first-order valence-corrected chi connectivity index (χ1v) is 3.98. The third-order valence-corrected chi connectivity index (χ3v) is 1.69. The Kier molecular flexibility index (Phi) is 3.25. The van der Waals surface area contributed by atoms with Crippen molar-refractivity contribution in [1.82, 2.24) is 5.48 Å². The van der Waals surface area contributed by atoms with Gasteiger partial charge in [0, 0.05) is 6.92 Å². The van der Waals surface area contributed by atoms with Crippen molar-refractivity contribution >= 4 is 5.97 Å². The first kappa shape index (κ1) is 9.22. The molecule has 1 aliphatic carbocycles. The summed E-state index contributed by atoms with van der Waals surface area (Å²) in [6.07, 6.45) is 4.64. The second-order valence-electron chi connectivity index (χ2n) is 2.85. The summed E-state index contributed by atoms with van der Waals surface area (Å²) in [4.78, 5) is 15.0. The molecule has 0 fully saturated rings. The summed E-state index contributed by atoms with van der Waals surface area (Å²) in [5.41, 5.74) is 2.59. The van der Waals surface area contributed by atoms with Gasteiger partial charge in [-0.2, -0.15) is 0 Å². The van der Waals surface area contributed by atoms with Gasteiger partial charge in [-0.25, -0.2) is 0 Å². The number of hydrogen-bond acceptors (Lipinski definition) is 4. The van der Waals surface area contributed by atoms with Crippen LogP contribution < -0.4 is 5.48 Å². The van der Waals surface area contributed by atoms with Gasteiger partial charge in [0.2, 0.25) is 0 Å². The van der Waals surface area contributed by atoms with Crippen LogP contribution in [0.4, 0.5) is 0 Å². The Labute approximate surface area is 71.2 Å². The predicted octanol–water partition coefficient (Wildman–Crippen LogP) is 0.134. The molecule has 12 heavy (non-hydrogen) atoms. The second-order valence-corrected chi connectivity index (χ2v) is 2.85. The van der Waals surface area contributed by atoms with E-state index in [9.17, 15) is 4.79 Å². The minimum Gasteiger partial charge on any atom is -0.389 e. The van der Waals surface area contributed by atoms with Crippen LogP contribution in [0, 0.1) is 0 Å². The Balaban J connectivity index is 2.26. The Bertz CT molecular complexity index is 191. The zero-order chi connectivity index (χ0) is 8.97. The minimum absolute atomic E-state index is 0.0392. The standard InChI is InChI=1S/C8H13NO3/c1-6(10)12-9-7-2-4-8(11)5-3-7/h2,4,7-9,11H,3,5H2,1H3/t7-,8+/m1/s1. The van der Waals surface area contributed by atoms with Crippen LogP contribution >= 0.6 is 0 Å². The molecular weight excluding hydrogens is 158 g/mol. The van der Waals surface area contributed by atoms with E-state index in [1.54, 1.807) is 12.2 Å². The summed E-state index contributed by atoms with van der Waals surface area (Å²) < 4.78 is 0. The van der Waals surface area contributed by atoms with Crippen molar-refractivity contribution in [3.05, 3.63) is 12.2 Å². The molecule has 0 unspecified atom stereocenters. The van der Waals surface area contributed by atoms with Gasteiger partial charge in [0.05, 0.1) is 12.1 Å². The van der Waals surface area contributed by atoms with E-state index in [1.807, 2.05) is 0 Å². The SMILES string of the molecule is CC(=O)ON[C@@H]1C=C[C@H](O)CC1. The molecule has 0 aromatic heterocycles. The molecule has 1 rings (SSSR count). The largest absolute Gasteiger partial charge is 0.389 e. The van der Waals surface area contributed by atoms with E-state index in [-0.39, 0.29) is 18.1 Å². The lowest BCUT2D eigenvalue weighted by molar-refractivity contribution is -0.149. The van der Waals surface area contributed by atoms with Crippen molar-refractivity contribution in [2.24, 2.45) is 0 Å². The third kappa shape index (κ3) is 3.02. The highest BCUT2D eigenvalue weighted by Gasteiger charge is 2.13. The highest BCUT2D eigenvalue weighted by Crippen LogP contribution is 2.10. The maximum Gasteiger partial charge on any atom is 0.321 e. The molecule has 0 amide bonds. The van der Waals surface area contributed by atoms with E-state index in [4.69, 9.17) is 5.11 Å². The van der Waals surface area contributed by atoms with Crippen LogP contribution in [0.3, 0.4) is 0 Å². The molecule has 0 aromatic rings. The Morgan fingerprint density at radius 2 is 2.33 bits per heavy atom. The Hall–Kier alpha value is -0.870. The molecule has 2 atom stereocenters. The van der Waals surface area contributed by atoms with Crippen molar-refractivity contribution < 1.29 is 14.7 Å². The van der Waals surface area contributed by atoms with Crippen LogP contribution in [0.1, 0.15) is 19.8 Å². The molecule has 0 saturated carbocycles. The molecular formula is C8H13NO3. The zero-order valence-electron chi connectivity index (χ0n) is 6.99. The number of hydrogen-bond donors (Lipinski definition) is 2. The van der Waals surface area contributed by atoms with Gasteiger partial charge in [0.15, 0.2) is 0 Å². The van der Waals surface area contributed by atoms with Gasteiger partial charge in [-0.15, -0.1) is 5.48 Å². The number of nitrogens with one attached hydrogen (secondary N) is 1. The molecule has 4 nitrogen and oxygen atoms in total. The summed E-state index contributed by atoms with van der Waals surface area (Å²) in [6, 6.07) is 0.0392. The Morgan fingerprint density at radius 3 is 2.83 bits per heavy atom. The molecule has 0 saturated heterocycles. The number of rotatable bonds is 2. The lowest BCUT2D eigenvalue weighted by atomic mass is 10.0. The van der Waals surface area contributed by atoms with Crippen LogP contribution in [-0.2, 0) is 9.63 Å². The molecule has 0 spiro atoms. The van der Waals surface area contributed by atoms with Gasteiger partial charge in [-0.05, 0) is 12.8 Å². The third-order valence-electron chi connectivity index (χ3n) is 1.69. The van der Waals surface area contributed by atoms with Crippen LogP contribution in [0.2, 0.25) is 0 Å². The van der Waals surface area contributed by atoms with Gasteiger partial charge in [-0.1, -0.05) is 12.2 Å². The molecule has 4 heteroatoms. The van der Waals surface area contributed by atoms with Crippen LogP contribution in [0.25, 0.3) is 0 Å². The lowest BCUT2D eigenvalue weighted by Gasteiger charge is -2.19. The summed E-state index contributed by atoms with van der Waals surface area (Å²) in [5.74, 6) is -0.352. The normalized spacial score (nSPS) is 28.5. The zero-order valence-corrected chi connectivity index (χ0v) is 6.99. The van der Waals surface area contributed by atoms with E-state index >= 15 is 0 Å². The van der Waals surface area contributed by atoms with Crippen molar-refractivity contribution in [1.29, 1.82) is 0 Å². The average molecular weight is 171 g/mol. The fourth-order valence-electron chi connectivity index (χ4n) is 1.06. The quantitative estimate of drug-likeness (QED) is 0.458. The molecule has 0 aliphatic heterocycles. The molecule has 0 bridgehead atoms. The molecule has 2 N–H and O–H groups in total. The van der Waals surface area contributed by atoms with Crippen molar-refractivity contribution in [3.8, 4) is 0 Å². The predicted molar refractivity (Wildman–Crippen MR) is 43.1 cm³/mol. The summed E-state index contributed by atoms with van der Waals surface area (Å²) in [7, 11) is 0. The fourth-order valence-corrected chi connectivity index (χ4v) is 1.06. The topological polar surface area (TPSA) is 58.6 Å². The number of carbonyl (C=O) groups excluding carboxylic acids is 1. The van der Waals surface area contributed by atoms with E-state index < -0.39 is 0 Å². The highest BCUT2D eigenvalue weighted by molar-refractivity contribution is 5.65. The van der Waals surface area contributed by atoms with Gasteiger partial charge in [0.1, 0.15) is 0 Å². The van der Waals surface area contributed by atoms with Gasteiger partial charge in [-0.3, -0.25) is 4.79 Å². The lowest BCUT2D eigenvalue weighted by Crippen LogP contribution is -2.32. The Morgan fingerprint density at radius 1 is 1.58 bits per heavy atom. The number of aliphatic hydroxyl groups excluding tert-OH is 1. The first-order chi connectivity index (χ1) is 5.68. The molecule has 68 valence electrons. The monoisotopic (exact) mass is 171 g/mol.